The van der Waals surface area contributed by atoms with Crippen molar-refractivity contribution in [1.29, 1.82) is 0 Å². The predicted octanol–water partition coefficient (Wildman–Crippen LogP) is 3.68. The Balaban J connectivity index is 2.74. The molecule has 1 aromatic carbocycles. The van der Waals surface area contributed by atoms with Gasteiger partial charge >= 0.3 is 0 Å². The largest absolute Gasteiger partial charge is 0.373 e. The highest BCUT2D eigenvalue weighted by molar-refractivity contribution is 5.82. The first-order valence-electron chi connectivity index (χ1n) is 5.50. The Morgan fingerprint density at radius 3 is 2.35 bits per heavy atom. The summed E-state index contributed by atoms with van der Waals surface area (Å²) in [7, 11) is 1.76. The fraction of sp³-hybridized carbons (Fsp3) is 0.308. The average molecular weight is 236 g/mol. The Morgan fingerprint density at radius 2 is 1.76 bits per heavy atom. The molecule has 4 heteroatoms. The van der Waals surface area contributed by atoms with Crippen molar-refractivity contribution < 1.29 is 8.78 Å². The van der Waals surface area contributed by atoms with Crippen molar-refractivity contribution in [3.05, 3.63) is 35.4 Å². The first-order chi connectivity index (χ1) is 8.02. The molecule has 0 amide bonds. The Morgan fingerprint density at radius 1 is 1.12 bits per heavy atom. The quantitative estimate of drug-likeness (QED) is 0.860. The van der Waals surface area contributed by atoms with E-state index in [2.05, 4.69) is 10.3 Å². The zero-order valence-electron chi connectivity index (χ0n) is 10.0. The van der Waals surface area contributed by atoms with Crippen molar-refractivity contribution in [2.75, 3.05) is 12.4 Å². The van der Waals surface area contributed by atoms with Crippen LogP contribution in [0.4, 0.5) is 14.6 Å². The zero-order chi connectivity index (χ0) is 12.6. The summed E-state index contributed by atoms with van der Waals surface area (Å²) in [4.78, 5) is 4.30. The topological polar surface area (TPSA) is 24.9 Å². The predicted molar refractivity (Wildman–Crippen MR) is 65.3 cm³/mol. The minimum absolute atomic E-state index is 0.266. The second-order valence-corrected chi connectivity index (χ2v) is 4.29. The zero-order valence-corrected chi connectivity index (χ0v) is 10.0. The van der Waals surface area contributed by atoms with E-state index >= 15 is 0 Å². The van der Waals surface area contributed by atoms with E-state index in [9.17, 15) is 8.78 Å². The van der Waals surface area contributed by atoms with Gasteiger partial charge in [-0.15, -0.1) is 0 Å². The fourth-order valence-corrected chi connectivity index (χ4v) is 1.83. The number of rotatable bonds is 2. The molecule has 0 unspecified atom stereocenters. The molecule has 2 rings (SSSR count). The molecule has 0 saturated carbocycles. The minimum Gasteiger partial charge on any atom is -0.373 e. The van der Waals surface area contributed by atoms with Gasteiger partial charge in [-0.05, 0) is 23.6 Å². The number of nitrogens with zero attached hydrogens (tertiary/aromatic N) is 1. The number of fused-ring (bicyclic) bond motifs is 1. The van der Waals surface area contributed by atoms with Crippen LogP contribution in [0, 0.1) is 11.6 Å². The van der Waals surface area contributed by atoms with E-state index in [1.54, 1.807) is 7.05 Å². The SMILES string of the molecule is CNc1nc2cc(F)c(F)cc2cc1C(C)C. The van der Waals surface area contributed by atoms with Crippen molar-refractivity contribution in [3.8, 4) is 0 Å². The molecule has 1 heterocycles. The molecule has 1 aromatic heterocycles. The monoisotopic (exact) mass is 236 g/mol. The molecule has 17 heavy (non-hydrogen) atoms. The number of aromatic nitrogens is 1. The first kappa shape index (κ1) is 11.8. The maximum atomic E-state index is 13.1. The number of pyridine rings is 1. The molecule has 0 bridgehead atoms. The summed E-state index contributed by atoms with van der Waals surface area (Å²) in [6.45, 7) is 4.06. The minimum atomic E-state index is -0.871. The summed E-state index contributed by atoms with van der Waals surface area (Å²) in [5.41, 5.74) is 1.45. The third-order valence-electron chi connectivity index (χ3n) is 2.75. The summed E-state index contributed by atoms with van der Waals surface area (Å²) >= 11 is 0. The van der Waals surface area contributed by atoms with Gasteiger partial charge in [-0.25, -0.2) is 13.8 Å². The lowest BCUT2D eigenvalue weighted by Crippen LogP contribution is -2.01. The van der Waals surface area contributed by atoms with Crippen LogP contribution in [0.25, 0.3) is 10.9 Å². The maximum Gasteiger partial charge on any atom is 0.161 e. The molecule has 0 radical (unpaired) electrons. The van der Waals surface area contributed by atoms with Crippen LogP contribution >= 0.6 is 0 Å². The molecule has 0 atom stereocenters. The van der Waals surface area contributed by atoms with Crippen LogP contribution in [-0.4, -0.2) is 12.0 Å². The number of halogens is 2. The van der Waals surface area contributed by atoms with Crippen LogP contribution in [0.1, 0.15) is 25.3 Å². The van der Waals surface area contributed by atoms with E-state index in [1.165, 1.54) is 6.07 Å². The van der Waals surface area contributed by atoms with E-state index in [4.69, 9.17) is 0 Å². The van der Waals surface area contributed by atoms with Gasteiger partial charge in [0.05, 0.1) is 5.52 Å². The highest BCUT2D eigenvalue weighted by atomic mass is 19.2. The molecular weight excluding hydrogens is 222 g/mol. The van der Waals surface area contributed by atoms with Gasteiger partial charge in [-0.3, -0.25) is 0 Å². The molecule has 1 N–H and O–H groups in total. The van der Waals surface area contributed by atoms with Crippen molar-refractivity contribution >= 4 is 16.7 Å². The van der Waals surface area contributed by atoms with Gasteiger partial charge in [0.1, 0.15) is 5.82 Å². The van der Waals surface area contributed by atoms with Gasteiger partial charge in [0.25, 0.3) is 0 Å². The van der Waals surface area contributed by atoms with Crippen LogP contribution in [-0.2, 0) is 0 Å². The molecule has 0 spiro atoms. The third kappa shape index (κ3) is 2.07. The van der Waals surface area contributed by atoms with Gasteiger partial charge in [-0.1, -0.05) is 13.8 Å². The number of benzene rings is 1. The molecule has 0 aliphatic carbocycles. The Bertz CT molecular complexity index is 565. The third-order valence-corrected chi connectivity index (χ3v) is 2.75. The Labute approximate surface area is 98.7 Å². The van der Waals surface area contributed by atoms with Crippen LogP contribution in [0.5, 0.6) is 0 Å². The second kappa shape index (κ2) is 4.28. The Kier molecular flexibility index (Phi) is 2.96. The Hall–Kier alpha value is -1.71. The number of nitrogens with one attached hydrogen (secondary N) is 1. The molecular formula is C13H14F2N2. The lowest BCUT2D eigenvalue weighted by molar-refractivity contribution is 0.510. The summed E-state index contributed by atoms with van der Waals surface area (Å²) in [5, 5.41) is 3.59. The van der Waals surface area contributed by atoms with Crippen molar-refractivity contribution in [2.24, 2.45) is 0 Å². The number of anilines is 1. The van der Waals surface area contributed by atoms with Crippen LogP contribution in [0.15, 0.2) is 18.2 Å². The van der Waals surface area contributed by atoms with E-state index < -0.39 is 11.6 Å². The average Bonchev–Trinajstić information content (AvgIpc) is 2.29. The summed E-state index contributed by atoms with van der Waals surface area (Å²) in [6.07, 6.45) is 0. The summed E-state index contributed by atoms with van der Waals surface area (Å²) < 4.78 is 26.3. The smallest absolute Gasteiger partial charge is 0.161 e. The van der Waals surface area contributed by atoms with Crippen molar-refractivity contribution in [2.45, 2.75) is 19.8 Å². The number of hydrogen-bond acceptors (Lipinski definition) is 2. The highest BCUT2D eigenvalue weighted by Crippen LogP contribution is 2.27. The van der Waals surface area contributed by atoms with Gasteiger partial charge in [-0.2, -0.15) is 0 Å². The van der Waals surface area contributed by atoms with Crippen LogP contribution in [0.3, 0.4) is 0 Å². The summed E-state index contributed by atoms with van der Waals surface area (Å²) in [5.74, 6) is -0.739. The van der Waals surface area contributed by atoms with Gasteiger partial charge < -0.3 is 5.32 Å². The van der Waals surface area contributed by atoms with Gasteiger partial charge in [0, 0.05) is 18.5 Å². The van der Waals surface area contributed by atoms with Gasteiger partial charge in [0.15, 0.2) is 11.6 Å². The van der Waals surface area contributed by atoms with E-state index in [0.717, 1.165) is 11.6 Å². The van der Waals surface area contributed by atoms with Crippen molar-refractivity contribution in [3.63, 3.8) is 0 Å². The van der Waals surface area contributed by atoms with E-state index in [1.807, 2.05) is 19.9 Å². The summed E-state index contributed by atoms with van der Waals surface area (Å²) in [6, 6.07) is 4.15. The molecule has 2 nitrogen and oxygen atoms in total. The van der Waals surface area contributed by atoms with Crippen LogP contribution in [0.2, 0.25) is 0 Å². The molecule has 0 aliphatic rings. The molecule has 0 aliphatic heterocycles. The normalized spacial score (nSPS) is 11.2. The molecule has 2 aromatic rings. The van der Waals surface area contributed by atoms with Crippen molar-refractivity contribution in [1.82, 2.24) is 4.98 Å². The standard InChI is InChI=1S/C13H14F2N2/c1-7(2)9-4-8-5-10(14)11(15)6-12(8)17-13(9)16-3/h4-7H,1-3H3,(H,16,17). The fourth-order valence-electron chi connectivity index (χ4n) is 1.83. The van der Waals surface area contributed by atoms with Gasteiger partial charge in [0.2, 0.25) is 0 Å². The molecule has 0 fully saturated rings. The first-order valence-corrected chi connectivity index (χ1v) is 5.50. The maximum absolute atomic E-state index is 13.1. The van der Waals surface area contributed by atoms with E-state index in [0.29, 0.717) is 16.7 Å². The molecule has 90 valence electrons. The number of hydrogen-bond donors (Lipinski definition) is 1. The lowest BCUT2D eigenvalue weighted by Gasteiger charge is -2.13. The molecule has 0 saturated heterocycles. The van der Waals surface area contributed by atoms with Crippen LogP contribution < -0.4 is 5.32 Å². The van der Waals surface area contributed by atoms with E-state index in [-0.39, 0.29) is 5.92 Å². The lowest BCUT2D eigenvalue weighted by atomic mass is 10.0. The highest BCUT2D eigenvalue weighted by Gasteiger charge is 2.11. The second-order valence-electron chi connectivity index (χ2n) is 4.29.